The molecular weight excluding hydrogens is 468 g/mol. The van der Waals surface area contributed by atoms with Crippen LogP contribution in [0.1, 0.15) is 0 Å². The van der Waals surface area contributed by atoms with Gasteiger partial charge in [0, 0.05) is 0 Å². The zero-order valence-corrected chi connectivity index (χ0v) is 17.8. The molecule has 0 unspecified atom stereocenters. The summed E-state index contributed by atoms with van der Waals surface area (Å²) in [7, 11) is -1.92. The minimum absolute atomic E-state index is 0. The molecular formula is C22H21INO2P. The molecule has 0 aliphatic carbocycles. The van der Waals surface area contributed by atoms with Gasteiger partial charge >= 0.3 is 6.09 Å². The van der Waals surface area contributed by atoms with Gasteiger partial charge in [0.15, 0.2) is 0 Å². The van der Waals surface area contributed by atoms with E-state index < -0.39 is 7.26 Å². The summed E-state index contributed by atoms with van der Waals surface area (Å²) in [6.07, 6.45) is 0.527. The Bertz CT molecular complexity index is 778. The predicted octanol–water partition coefficient (Wildman–Crippen LogP) is 0.0929. The molecule has 1 amide bonds. The molecule has 27 heavy (non-hydrogen) atoms. The highest BCUT2D eigenvalue weighted by molar-refractivity contribution is 7.95. The summed E-state index contributed by atoms with van der Waals surface area (Å²) in [5.74, 6) is 0. The monoisotopic (exact) mass is 489 g/mol. The fourth-order valence-corrected chi connectivity index (χ4v) is 8.09. The van der Waals surface area contributed by atoms with E-state index in [1.807, 2.05) is 0 Å². The number of benzene rings is 3. The third kappa shape index (κ3) is 4.02. The summed E-state index contributed by atoms with van der Waals surface area (Å²) in [5, 5.41) is 6.94. The van der Waals surface area contributed by atoms with Crippen molar-refractivity contribution in [2.45, 2.75) is 6.04 Å². The SMILES string of the molecule is O=C1N[C@H](C[P+](c2ccccc2)(c2ccccc2)c2ccccc2)CO1.[I-]. The first-order valence-electron chi connectivity index (χ1n) is 8.77. The Balaban J connectivity index is 0.00000210. The summed E-state index contributed by atoms with van der Waals surface area (Å²) in [5.41, 5.74) is 0. The zero-order valence-electron chi connectivity index (χ0n) is 14.8. The molecule has 0 saturated carbocycles. The van der Waals surface area contributed by atoms with Gasteiger partial charge in [0.1, 0.15) is 35.8 Å². The summed E-state index contributed by atoms with van der Waals surface area (Å²) in [6, 6.07) is 32.0. The second-order valence-corrected chi connectivity index (χ2v) is 9.97. The van der Waals surface area contributed by atoms with Crippen LogP contribution < -0.4 is 45.2 Å². The van der Waals surface area contributed by atoms with Gasteiger partial charge in [-0.2, -0.15) is 0 Å². The highest BCUT2D eigenvalue weighted by atomic mass is 127. The molecule has 1 fully saturated rings. The maximum Gasteiger partial charge on any atom is 0.407 e. The van der Waals surface area contributed by atoms with E-state index in [-0.39, 0.29) is 36.1 Å². The molecule has 4 rings (SSSR count). The Morgan fingerprint density at radius 3 is 1.52 bits per heavy atom. The van der Waals surface area contributed by atoms with Gasteiger partial charge in [0.2, 0.25) is 0 Å². The van der Waals surface area contributed by atoms with Crippen LogP contribution in [0.3, 0.4) is 0 Å². The number of cyclic esters (lactones) is 1. The molecule has 1 N–H and O–H groups in total. The van der Waals surface area contributed by atoms with Crippen LogP contribution in [0.15, 0.2) is 91.0 Å². The molecule has 0 radical (unpaired) electrons. The standard InChI is InChI=1S/C22H20NO2P.HI/c24-22-23-18(16-25-22)17-26(19-10-4-1-5-11-19,20-12-6-2-7-13-20)21-14-8-3-9-15-21;/h1-15,18H,16-17H2;1H/t18-;/m0./s1. The third-order valence-electron chi connectivity index (χ3n) is 4.82. The Kier molecular flexibility index (Phi) is 6.51. The summed E-state index contributed by atoms with van der Waals surface area (Å²) in [6.45, 7) is 0.424. The lowest BCUT2D eigenvalue weighted by atomic mass is 10.3. The van der Waals surface area contributed by atoms with Crippen LogP contribution in [0.2, 0.25) is 0 Å². The number of carbonyl (C=O) groups is 1. The summed E-state index contributed by atoms with van der Waals surface area (Å²) < 4.78 is 5.19. The molecule has 1 atom stereocenters. The first-order chi connectivity index (χ1) is 12.8. The fourth-order valence-electron chi connectivity index (χ4n) is 3.67. The number of carbonyl (C=O) groups excluding carboxylic acids is 1. The van der Waals surface area contributed by atoms with E-state index in [0.29, 0.717) is 6.61 Å². The van der Waals surface area contributed by atoms with Crippen LogP contribution in [-0.4, -0.2) is 24.9 Å². The van der Waals surface area contributed by atoms with Gasteiger partial charge in [-0.25, -0.2) is 4.79 Å². The van der Waals surface area contributed by atoms with Crippen molar-refractivity contribution in [3.8, 4) is 0 Å². The van der Waals surface area contributed by atoms with Crippen molar-refractivity contribution in [1.82, 2.24) is 5.32 Å². The molecule has 138 valence electrons. The second kappa shape index (κ2) is 8.85. The molecule has 1 saturated heterocycles. The van der Waals surface area contributed by atoms with Gasteiger partial charge in [0.05, 0.1) is 6.16 Å². The molecule has 0 bridgehead atoms. The molecule has 3 aromatic rings. The molecule has 1 aliphatic heterocycles. The normalized spacial score (nSPS) is 16.1. The van der Waals surface area contributed by atoms with Crippen LogP contribution in [0.5, 0.6) is 0 Å². The van der Waals surface area contributed by atoms with Gasteiger partial charge in [-0.1, -0.05) is 54.6 Å². The molecule has 0 aromatic heterocycles. The van der Waals surface area contributed by atoms with Gasteiger partial charge in [-0.3, -0.25) is 0 Å². The van der Waals surface area contributed by atoms with E-state index in [4.69, 9.17) is 4.74 Å². The van der Waals surface area contributed by atoms with E-state index in [0.717, 1.165) is 6.16 Å². The van der Waals surface area contributed by atoms with Crippen molar-refractivity contribution < 1.29 is 33.5 Å². The van der Waals surface area contributed by atoms with Crippen LogP contribution in [0, 0.1) is 0 Å². The lowest BCUT2D eigenvalue weighted by molar-refractivity contribution is -0.0000103. The lowest BCUT2D eigenvalue weighted by Crippen LogP contribution is -3.00. The zero-order chi connectivity index (χ0) is 17.8. The first-order valence-corrected chi connectivity index (χ1v) is 10.7. The number of ether oxygens (including phenoxy) is 1. The molecule has 5 heteroatoms. The molecule has 1 heterocycles. The number of rotatable bonds is 5. The van der Waals surface area contributed by atoms with Crippen molar-refractivity contribution in [1.29, 1.82) is 0 Å². The predicted molar refractivity (Wildman–Crippen MR) is 108 cm³/mol. The number of hydrogen-bond acceptors (Lipinski definition) is 2. The first kappa shape index (κ1) is 19.8. The van der Waals surface area contributed by atoms with E-state index in [2.05, 4.69) is 96.3 Å². The lowest BCUT2D eigenvalue weighted by Gasteiger charge is -2.29. The molecule has 1 aliphatic rings. The van der Waals surface area contributed by atoms with Crippen LogP contribution in [0.4, 0.5) is 4.79 Å². The number of alkyl carbamates (subject to hydrolysis) is 1. The van der Waals surface area contributed by atoms with E-state index in [1.165, 1.54) is 15.9 Å². The molecule has 3 aromatic carbocycles. The minimum Gasteiger partial charge on any atom is -1.00 e. The number of nitrogens with one attached hydrogen (secondary N) is 1. The smallest absolute Gasteiger partial charge is 0.407 e. The largest absolute Gasteiger partial charge is 1.00 e. The maximum atomic E-state index is 11.6. The van der Waals surface area contributed by atoms with E-state index in [1.54, 1.807) is 0 Å². The van der Waals surface area contributed by atoms with Crippen LogP contribution in [-0.2, 0) is 4.74 Å². The highest BCUT2D eigenvalue weighted by Gasteiger charge is 2.48. The average Bonchev–Trinajstić information content (AvgIpc) is 3.13. The van der Waals surface area contributed by atoms with Crippen molar-refractivity contribution in [2.24, 2.45) is 0 Å². The van der Waals surface area contributed by atoms with Gasteiger partial charge in [0.25, 0.3) is 0 Å². The maximum absolute atomic E-state index is 11.6. The molecule has 3 nitrogen and oxygen atoms in total. The van der Waals surface area contributed by atoms with Gasteiger partial charge in [-0.05, 0) is 36.4 Å². The van der Waals surface area contributed by atoms with Crippen molar-refractivity contribution >= 4 is 29.3 Å². The topological polar surface area (TPSA) is 38.3 Å². The third-order valence-corrected chi connectivity index (χ3v) is 9.35. The van der Waals surface area contributed by atoms with Gasteiger partial charge < -0.3 is 34.0 Å². The quantitative estimate of drug-likeness (QED) is 0.408. The van der Waals surface area contributed by atoms with E-state index >= 15 is 0 Å². The summed E-state index contributed by atoms with van der Waals surface area (Å²) in [4.78, 5) is 11.6. The Morgan fingerprint density at radius 1 is 0.778 bits per heavy atom. The van der Waals surface area contributed by atoms with Crippen molar-refractivity contribution in [3.05, 3.63) is 91.0 Å². The number of halogens is 1. The minimum atomic E-state index is -1.92. The fraction of sp³-hybridized carbons (Fsp3) is 0.136. The van der Waals surface area contributed by atoms with Crippen molar-refractivity contribution in [2.75, 3.05) is 12.8 Å². The van der Waals surface area contributed by atoms with Crippen LogP contribution in [0.25, 0.3) is 0 Å². The number of hydrogen-bond donors (Lipinski definition) is 1. The van der Waals surface area contributed by atoms with E-state index in [9.17, 15) is 4.79 Å². The van der Waals surface area contributed by atoms with Crippen molar-refractivity contribution in [3.63, 3.8) is 0 Å². The number of amides is 1. The molecule has 0 spiro atoms. The highest BCUT2D eigenvalue weighted by Crippen LogP contribution is 2.55. The van der Waals surface area contributed by atoms with Gasteiger partial charge in [-0.15, -0.1) is 0 Å². The summed E-state index contributed by atoms with van der Waals surface area (Å²) >= 11 is 0. The Labute approximate surface area is 177 Å². The average molecular weight is 489 g/mol. The second-order valence-electron chi connectivity index (χ2n) is 6.44. The Morgan fingerprint density at radius 2 is 1.19 bits per heavy atom. The van der Waals surface area contributed by atoms with Crippen LogP contribution >= 0.6 is 7.26 Å². The Hall–Kier alpha value is -1.91.